The Labute approximate surface area is 204 Å². The summed E-state index contributed by atoms with van der Waals surface area (Å²) in [5.74, 6) is 1.43. The summed E-state index contributed by atoms with van der Waals surface area (Å²) in [5.41, 5.74) is 3.96. The summed E-state index contributed by atoms with van der Waals surface area (Å²) >= 11 is 0. The first-order chi connectivity index (χ1) is 16.6. The van der Waals surface area contributed by atoms with Gasteiger partial charge in [0.2, 0.25) is 0 Å². The van der Waals surface area contributed by atoms with Crippen LogP contribution in [0.1, 0.15) is 99.9 Å². The molecule has 0 N–H and O–H groups in total. The highest BCUT2D eigenvalue weighted by atomic mass is 16.2. The van der Waals surface area contributed by atoms with Gasteiger partial charge in [0.25, 0.3) is 5.91 Å². The van der Waals surface area contributed by atoms with Crippen molar-refractivity contribution in [3.05, 3.63) is 59.5 Å². The molecule has 5 nitrogen and oxygen atoms in total. The molecule has 0 saturated heterocycles. The Morgan fingerprint density at radius 2 is 1.85 bits per heavy atom. The van der Waals surface area contributed by atoms with E-state index in [0.29, 0.717) is 25.0 Å². The molecule has 0 spiro atoms. The van der Waals surface area contributed by atoms with Gasteiger partial charge in [-0.1, -0.05) is 65.0 Å². The molecule has 2 heterocycles. The number of hydrogen-bond donors (Lipinski definition) is 0. The fraction of sp³-hybridized carbons (Fsp3) is 0.552. The van der Waals surface area contributed by atoms with E-state index < -0.39 is 0 Å². The topological polar surface area (TPSA) is 51.0 Å². The summed E-state index contributed by atoms with van der Waals surface area (Å²) in [7, 11) is 0. The minimum Gasteiger partial charge on any atom is -0.331 e. The van der Waals surface area contributed by atoms with Crippen LogP contribution < -0.4 is 0 Å². The van der Waals surface area contributed by atoms with Crippen molar-refractivity contribution in [1.82, 2.24) is 19.4 Å². The van der Waals surface area contributed by atoms with E-state index in [0.717, 1.165) is 41.8 Å². The monoisotopic (exact) mass is 460 g/mol. The summed E-state index contributed by atoms with van der Waals surface area (Å²) in [6.07, 6.45) is 12.8. The van der Waals surface area contributed by atoms with E-state index >= 15 is 0 Å². The molecule has 1 aliphatic carbocycles. The highest BCUT2D eigenvalue weighted by Crippen LogP contribution is 2.33. The van der Waals surface area contributed by atoms with E-state index in [1.165, 1.54) is 44.1 Å². The summed E-state index contributed by atoms with van der Waals surface area (Å²) < 4.78 is 2.32. The highest BCUT2D eigenvalue weighted by Gasteiger charge is 2.26. The zero-order valence-electron chi connectivity index (χ0n) is 21.2. The number of carbonyl (C=O) groups excluding carboxylic acids is 1. The van der Waals surface area contributed by atoms with Crippen LogP contribution in [-0.2, 0) is 13.0 Å². The normalized spacial score (nSPS) is 14.4. The van der Waals surface area contributed by atoms with Crippen molar-refractivity contribution in [1.29, 1.82) is 0 Å². The van der Waals surface area contributed by atoms with Crippen LogP contribution in [0.2, 0.25) is 0 Å². The van der Waals surface area contributed by atoms with Gasteiger partial charge < -0.3 is 9.47 Å². The number of nitrogens with zero attached hydrogens (tertiary/aromatic N) is 4. The van der Waals surface area contributed by atoms with Crippen LogP contribution in [0.25, 0.3) is 11.2 Å². The molecule has 0 radical (unpaired) electrons. The third kappa shape index (κ3) is 5.86. The van der Waals surface area contributed by atoms with Crippen molar-refractivity contribution in [2.45, 2.75) is 91.1 Å². The van der Waals surface area contributed by atoms with Crippen molar-refractivity contribution in [3.63, 3.8) is 0 Å². The van der Waals surface area contributed by atoms with Crippen molar-refractivity contribution < 1.29 is 4.79 Å². The highest BCUT2D eigenvalue weighted by molar-refractivity contribution is 5.94. The second-order valence-corrected chi connectivity index (χ2v) is 10.3. The SMILES string of the molecule is CCCCCCc1ccc(C(=O)N(Cc2nc3cccnc3n2C2CCCC2)CC(C)C)cc1. The first-order valence-electron chi connectivity index (χ1n) is 13.3. The first-order valence-corrected chi connectivity index (χ1v) is 13.3. The lowest BCUT2D eigenvalue weighted by atomic mass is 10.0. The largest absolute Gasteiger partial charge is 0.331 e. The van der Waals surface area contributed by atoms with Gasteiger partial charge in [-0.2, -0.15) is 0 Å². The zero-order valence-corrected chi connectivity index (χ0v) is 21.2. The quantitative estimate of drug-likeness (QED) is 0.290. The summed E-state index contributed by atoms with van der Waals surface area (Å²) in [6, 6.07) is 12.7. The lowest BCUT2D eigenvalue weighted by Gasteiger charge is -2.26. The summed E-state index contributed by atoms with van der Waals surface area (Å²) in [4.78, 5) is 25.2. The predicted octanol–water partition coefficient (Wildman–Crippen LogP) is 6.97. The van der Waals surface area contributed by atoms with Gasteiger partial charge in [0, 0.05) is 24.3 Å². The molecule has 1 saturated carbocycles. The average Bonchev–Trinajstić information content (AvgIpc) is 3.48. The number of fused-ring (bicyclic) bond motifs is 1. The minimum absolute atomic E-state index is 0.0872. The third-order valence-electron chi connectivity index (χ3n) is 6.94. The van der Waals surface area contributed by atoms with Crippen LogP contribution in [0.3, 0.4) is 0 Å². The third-order valence-corrected chi connectivity index (χ3v) is 6.94. The number of rotatable bonds is 11. The fourth-order valence-electron chi connectivity index (χ4n) is 5.22. The molecular formula is C29H40N4O. The van der Waals surface area contributed by atoms with Gasteiger partial charge in [0.15, 0.2) is 5.65 Å². The standard InChI is InChI=1S/C29H40N4O/c1-4-5-6-7-11-23-15-17-24(18-16-23)29(34)32(20-22(2)3)21-27-31-26-14-10-19-30-28(26)33(27)25-12-8-9-13-25/h10,14-19,22,25H,4-9,11-13,20-21H2,1-3H3. The predicted molar refractivity (Wildman–Crippen MR) is 139 cm³/mol. The van der Waals surface area contributed by atoms with Crippen molar-refractivity contribution in [2.75, 3.05) is 6.54 Å². The second kappa shape index (κ2) is 11.6. The molecule has 4 rings (SSSR count). The van der Waals surface area contributed by atoms with Crippen molar-refractivity contribution >= 4 is 17.1 Å². The molecule has 2 aromatic heterocycles. The number of unbranched alkanes of at least 4 members (excludes halogenated alkanes) is 3. The van der Waals surface area contributed by atoms with Crippen LogP contribution in [-0.4, -0.2) is 31.9 Å². The number of aryl methyl sites for hydroxylation is 1. The molecule has 1 aliphatic rings. The number of imidazole rings is 1. The molecule has 5 heteroatoms. The molecular weight excluding hydrogens is 420 g/mol. The number of carbonyl (C=O) groups is 1. The van der Waals surface area contributed by atoms with E-state index in [9.17, 15) is 4.79 Å². The molecule has 0 aliphatic heterocycles. The van der Waals surface area contributed by atoms with Gasteiger partial charge >= 0.3 is 0 Å². The Bertz CT molecular complexity index is 1060. The molecule has 1 aromatic carbocycles. The lowest BCUT2D eigenvalue weighted by molar-refractivity contribution is 0.0715. The molecule has 3 aromatic rings. The van der Waals surface area contributed by atoms with Gasteiger partial charge in [-0.05, 0) is 61.4 Å². The maximum absolute atomic E-state index is 13.6. The smallest absolute Gasteiger partial charge is 0.254 e. The molecule has 0 atom stereocenters. The lowest BCUT2D eigenvalue weighted by Crippen LogP contribution is -2.35. The Morgan fingerprint density at radius 3 is 2.56 bits per heavy atom. The van der Waals surface area contributed by atoms with Crippen LogP contribution in [0.5, 0.6) is 0 Å². The Morgan fingerprint density at radius 1 is 1.09 bits per heavy atom. The maximum Gasteiger partial charge on any atom is 0.254 e. The molecule has 1 amide bonds. The molecule has 0 unspecified atom stereocenters. The van der Waals surface area contributed by atoms with E-state index in [-0.39, 0.29) is 5.91 Å². The number of aromatic nitrogens is 3. The molecule has 182 valence electrons. The second-order valence-electron chi connectivity index (χ2n) is 10.3. The van der Waals surface area contributed by atoms with Crippen molar-refractivity contribution in [2.24, 2.45) is 5.92 Å². The van der Waals surface area contributed by atoms with Crippen LogP contribution in [0.15, 0.2) is 42.6 Å². The minimum atomic E-state index is 0.0872. The van der Waals surface area contributed by atoms with Gasteiger partial charge in [0.1, 0.15) is 11.3 Å². The fourth-order valence-corrected chi connectivity index (χ4v) is 5.22. The van der Waals surface area contributed by atoms with Crippen LogP contribution >= 0.6 is 0 Å². The zero-order chi connectivity index (χ0) is 23.9. The Hall–Kier alpha value is -2.69. The van der Waals surface area contributed by atoms with Crippen molar-refractivity contribution in [3.8, 4) is 0 Å². The molecule has 34 heavy (non-hydrogen) atoms. The average molecular weight is 461 g/mol. The number of benzene rings is 1. The van der Waals surface area contributed by atoms with E-state index in [1.54, 1.807) is 0 Å². The Balaban J connectivity index is 1.55. The van der Waals surface area contributed by atoms with Crippen LogP contribution in [0.4, 0.5) is 0 Å². The van der Waals surface area contributed by atoms with Gasteiger partial charge in [0.05, 0.1) is 6.54 Å². The van der Waals surface area contributed by atoms with Gasteiger partial charge in [-0.15, -0.1) is 0 Å². The van der Waals surface area contributed by atoms with Crippen LogP contribution in [0, 0.1) is 5.92 Å². The van der Waals surface area contributed by atoms with Gasteiger partial charge in [-0.25, -0.2) is 9.97 Å². The van der Waals surface area contributed by atoms with E-state index in [4.69, 9.17) is 4.98 Å². The number of pyridine rings is 1. The molecule has 1 fully saturated rings. The molecule has 0 bridgehead atoms. The maximum atomic E-state index is 13.6. The number of amides is 1. The Kier molecular flexibility index (Phi) is 8.36. The summed E-state index contributed by atoms with van der Waals surface area (Å²) in [6.45, 7) is 7.80. The van der Waals surface area contributed by atoms with Gasteiger partial charge in [-0.3, -0.25) is 4.79 Å². The number of hydrogen-bond acceptors (Lipinski definition) is 3. The van der Waals surface area contributed by atoms with E-state index in [2.05, 4.69) is 42.5 Å². The van der Waals surface area contributed by atoms with E-state index in [1.807, 2.05) is 35.4 Å². The first kappa shape index (κ1) is 24.4. The summed E-state index contributed by atoms with van der Waals surface area (Å²) in [5, 5.41) is 0.